The minimum absolute atomic E-state index is 0.0520. The van der Waals surface area contributed by atoms with Gasteiger partial charge in [-0.15, -0.1) is 0 Å². The number of thioether (sulfide) groups is 1. The van der Waals surface area contributed by atoms with Gasteiger partial charge < -0.3 is 15.0 Å². The minimum Gasteiger partial charge on any atom is -0.466 e. The smallest absolute Gasteiger partial charge is 0.338 e. The van der Waals surface area contributed by atoms with Crippen molar-refractivity contribution in [3.05, 3.63) is 58.0 Å². The number of allylic oxidation sites excluding steroid dienone is 1. The van der Waals surface area contributed by atoms with Crippen LogP contribution in [-0.2, 0) is 14.3 Å². The van der Waals surface area contributed by atoms with Gasteiger partial charge in [-0.05, 0) is 42.9 Å². The molecule has 1 aromatic rings. The maximum Gasteiger partial charge on any atom is 0.338 e. The molecular weight excluding hydrogens is 417 g/mol. The highest BCUT2D eigenvalue weighted by atomic mass is 32.2. The third-order valence-corrected chi connectivity index (χ3v) is 6.77. The van der Waals surface area contributed by atoms with E-state index in [9.17, 15) is 14.0 Å². The van der Waals surface area contributed by atoms with Gasteiger partial charge in [0.1, 0.15) is 5.82 Å². The number of rotatable bonds is 5. The number of hydrogen-bond acceptors (Lipinski definition) is 6. The van der Waals surface area contributed by atoms with Crippen molar-refractivity contribution in [1.82, 2.24) is 10.2 Å². The molecule has 6 nitrogen and oxygen atoms in total. The molecule has 164 valence electrons. The molecule has 2 aliphatic heterocycles. The highest BCUT2D eigenvalue weighted by molar-refractivity contribution is 8.16. The molecule has 0 aromatic heterocycles. The summed E-state index contributed by atoms with van der Waals surface area (Å²) in [5, 5.41) is 5.69. The van der Waals surface area contributed by atoms with E-state index in [0.29, 0.717) is 22.0 Å². The molecule has 8 heteroatoms. The Hall–Kier alpha value is -2.61. The van der Waals surface area contributed by atoms with Crippen LogP contribution in [0.4, 0.5) is 4.39 Å². The van der Waals surface area contributed by atoms with E-state index in [2.05, 4.69) is 10.3 Å². The van der Waals surface area contributed by atoms with Gasteiger partial charge in [0.15, 0.2) is 5.17 Å². The Morgan fingerprint density at radius 3 is 2.77 bits per heavy atom. The van der Waals surface area contributed by atoms with Crippen LogP contribution >= 0.6 is 11.8 Å². The second-order valence-electron chi connectivity index (χ2n) is 8.02. The Bertz CT molecular complexity index is 982. The largest absolute Gasteiger partial charge is 0.466 e. The number of methoxy groups -OCH3 is 1. The molecule has 1 fully saturated rings. The van der Waals surface area contributed by atoms with Crippen molar-refractivity contribution in [3.8, 4) is 0 Å². The zero-order valence-electron chi connectivity index (χ0n) is 17.7. The fourth-order valence-electron chi connectivity index (χ4n) is 4.42. The Kier molecular flexibility index (Phi) is 6.46. The Morgan fingerprint density at radius 1 is 1.29 bits per heavy atom. The first-order chi connectivity index (χ1) is 15.0. The van der Waals surface area contributed by atoms with Crippen LogP contribution in [0.3, 0.4) is 0 Å². The second kappa shape index (κ2) is 9.26. The number of carbonyl (C=O) groups is 2. The Labute approximate surface area is 185 Å². The second-order valence-corrected chi connectivity index (χ2v) is 8.86. The fraction of sp³-hybridized carbons (Fsp3) is 0.435. The number of aliphatic imine (C=N–C) groups is 1. The number of nitrogens with one attached hydrogen (secondary N) is 1. The van der Waals surface area contributed by atoms with Crippen molar-refractivity contribution in [2.45, 2.75) is 57.5 Å². The Morgan fingerprint density at radius 2 is 2.06 bits per heavy atom. The number of halogens is 1. The number of nitrogens with zero attached hydrogens (tertiary/aromatic N) is 2. The number of ether oxygens (including phenoxy) is 1. The summed E-state index contributed by atoms with van der Waals surface area (Å²) in [6.07, 6.45) is 5.69. The summed E-state index contributed by atoms with van der Waals surface area (Å²) in [5.74, 6) is -0.961. The summed E-state index contributed by atoms with van der Waals surface area (Å²) in [5.41, 5.74) is 2.22. The average Bonchev–Trinajstić information content (AvgIpc) is 3.14. The molecule has 1 saturated carbocycles. The van der Waals surface area contributed by atoms with Gasteiger partial charge in [0.05, 0.1) is 30.8 Å². The van der Waals surface area contributed by atoms with Crippen LogP contribution in [0.2, 0.25) is 0 Å². The summed E-state index contributed by atoms with van der Waals surface area (Å²) in [6, 6.07) is 5.77. The van der Waals surface area contributed by atoms with Gasteiger partial charge in [-0.25, -0.2) is 14.2 Å². The monoisotopic (exact) mass is 443 g/mol. The molecule has 0 saturated heterocycles. The molecule has 1 aromatic carbocycles. The van der Waals surface area contributed by atoms with Crippen LogP contribution < -0.4 is 5.32 Å². The van der Waals surface area contributed by atoms with E-state index in [4.69, 9.17) is 4.74 Å². The van der Waals surface area contributed by atoms with Gasteiger partial charge in [-0.1, -0.05) is 43.2 Å². The van der Waals surface area contributed by atoms with Gasteiger partial charge in [-0.3, -0.25) is 4.79 Å². The van der Waals surface area contributed by atoms with Gasteiger partial charge in [-0.2, -0.15) is 0 Å². The zero-order valence-corrected chi connectivity index (χ0v) is 18.5. The normalized spacial score (nSPS) is 21.4. The van der Waals surface area contributed by atoms with E-state index in [0.717, 1.165) is 31.4 Å². The molecular formula is C23H26FN3O3S. The minimum atomic E-state index is -0.612. The highest BCUT2D eigenvalue weighted by Crippen LogP contribution is 2.44. The lowest BCUT2D eigenvalue weighted by Crippen LogP contribution is -2.40. The third kappa shape index (κ3) is 4.54. The number of amides is 1. The van der Waals surface area contributed by atoms with Crippen molar-refractivity contribution in [3.63, 3.8) is 0 Å². The summed E-state index contributed by atoms with van der Waals surface area (Å²) in [7, 11) is 1.32. The van der Waals surface area contributed by atoms with E-state index < -0.39 is 17.8 Å². The molecule has 4 rings (SSSR count). The number of amidine groups is 1. The van der Waals surface area contributed by atoms with E-state index in [1.165, 1.54) is 37.4 Å². The molecule has 1 atom stereocenters. The van der Waals surface area contributed by atoms with E-state index in [1.807, 2.05) is 10.3 Å². The fourth-order valence-corrected chi connectivity index (χ4v) is 5.39. The Balaban J connectivity index is 1.63. The molecule has 0 unspecified atom stereocenters. The molecule has 1 amide bonds. The summed E-state index contributed by atoms with van der Waals surface area (Å²) in [4.78, 5) is 31.9. The van der Waals surface area contributed by atoms with Gasteiger partial charge in [0, 0.05) is 11.7 Å². The van der Waals surface area contributed by atoms with Crippen LogP contribution in [0.1, 0.15) is 57.1 Å². The van der Waals surface area contributed by atoms with Crippen molar-refractivity contribution >= 4 is 28.8 Å². The molecule has 1 aliphatic carbocycles. The lowest BCUT2D eigenvalue weighted by molar-refractivity contribution is -0.136. The standard InChI is InChI=1S/C23H26FN3O3S/c1-14-20(22(29)30-2)21(15-7-6-8-16(24)11-15)27-18(13-31-23(27)25-14)12-19(28)26-17-9-4-3-5-10-17/h6-8,11,13,17,21H,3-5,9-10,12H2,1-2H3,(H,26,28)/t21-/m1/s1. The third-order valence-electron chi connectivity index (χ3n) is 5.88. The maximum absolute atomic E-state index is 14.1. The lowest BCUT2D eigenvalue weighted by atomic mass is 9.93. The molecule has 3 aliphatic rings. The topological polar surface area (TPSA) is 71.0 Å². The number of carbonyl (C=O) groups excluding carboxylic acids is 2. The van der Waals surface area contributed by atoms with E-state index in [1.54, 1.807) is 19.1 Å². The maximum atomic E-state index is 14.1. The first-order valence-corrected chi connectivity index (χ1v) is 11.4. The first-order valence-electron chi connectivity index (χ1n) is 10.6. The average molecular weight is 444 g/mol. The van der Waals surface area contributed by atoms with Crippen LogP contribution in [0.15, 0.2) is 51.6 Å². The van der Waals surface area contributed by atoms with E-state index >= 15 is 0 Å². The molecule has 0 spiro atoms. The van der Waals surface area contributed by atoms with Gasteiger partial charge >= 0.3 is 5.97 Å². The molecule has 0 bridgehead atoms. The molecule has 1 N–H and O–H groups in total. The lowest BCUT2D eigenvalue weighted by Gasteiger charge is -2.36. The zero-order chi connectivity index (χ0) is 22.0. The van der Waals surface area contributed by atoms with Crippen molar-refractivity contribution in [1.29, 1.82) is 0 Å². The number of fused-ring (bicyclic) bond motifs is 1. The highest BCUT2D eigenvalue weighted by Gasteiger charge is 2.41. The van der Waals surface area contributed by atoms with Crippen LogP contribution in [-0.4, -0.2) is 35.1 Å². The van der Waals surface area contributed by atoms with E-state index in [-0.39, 0.29) is 18.4 Å². The SMILES string of the molecule is COC(=O)C1=C(C)N=C2SC=C(CC(=O)NC3CCCCC3)N2[C@@H]1c1cccc(F)c1. The predicted molar refractivity (Wildman–Crippen MR) is 118 cm³/mol. The molecule has 2 heterocycles. The van der Waals surface area contributed by atoms with Gasteiger partial charge in [0.25, 0.3) is 0 Å². The quantitative estimate of drug-likeness (QED) is 0.683. The van der Waals surface area contributed by atoms with Crippen molar-refractivity contribution in [2.24, 2.45) is 4.99 Å². The number of benzene rings is 1. The van der Waals surface area contributed by atoms with Crippen molar-refractivity contribution < 1.29 is 18.7 Å². The van der Waals surface area contributed by atoms with Crippen LogP contribution in [0.5, 0.6) is 0 Å². The van der Waals surface area contributed by atoms with Crippen LogP contribution in [0.25, 0.3) is 0 Å². The summed E-state index contributed by atoms with van der Waals surface area (Å²) < 4.78 is 19.1. The molecule has 31 heavy (non-hydrogen) atoms. The van der Waals surface area contributed by atoms with Crippen molar-refractivity contribution in [2.75, 3.05) is 7.11 Å². The molecule has 0 radical (unpaired) electrons. The first kappa shape index (κ1) is 21.6. The van der Waals surface area contributed by atoms with Crippen LogP contribution in [0, 0.1) is 5.82 Å². The summed E-state index contributed by atoms with van der Waals surface area (Å²) >= 11 is 1.40. The van der Waals surface area contributed by atoms with Gasteiger partial charge in [0.2, 0.25) is 5.91 Å². The summed E-state index contributed by atoms with van der Waals surface area (Å²) in [6.45, 7) is 1.75. The predicted octanol–water partition coefficient (Wildman–Crippen LogP) is 4.41. The number of hydrogen-bond donors (Lipinski definition) is 1. The number of esters is 1.